The number of likely N-dealkylation sites (tertiary alicyclic amines) is 1. The standard InChI is InChI=1S/C15H30N2O/c1-13(2)14-11-15(12-16,7-10-18-14)17-8-5-3-4-6-9-17/h13-14H,3-12,16H2,1-2H3. The largest absolute Gasteiger partial charge is 0.378 e. The van der Waals surface area contributed by atoms with Crippen molar-refractivity contribution in [2.45, 2.75) is 64.0 Å². The summed E-state index contributed by atoms with van der Waals surface area (Å²) in [6, 6.07) is 0. The molecule has 3 nitrogen and oxygen atoms in total. The van der Waals surface area contributed by atoms with Crippen molar-refractivity contribution in [3.8, 4) is 0 Å². The van der Waals surface area contributed by atoms with E-state index in [-0.39, 0.29) is 5.54 Å². The van der Waals surface area contributed by atoms with Crippen molar-refractivity contribution in [2.24, 2.45) is 11.7 Å². The van der Waals surface area contributed by atoms with Gasteiger partial charge in [0.2, 0.25) is 0 Å². The average Bonchev–Trinajstić information content (AvgIpc) is 2.68. The SMILES string of the molecule is CC(C)C1CC(CN)(N2CCCCCC2)CCO1. The van der Waals surface area contributed by atoms with Gasteiger partial charge >= 0.3 is 0 Å². The molecular formula is C15H30N2O. The molecule has 2 fully saturated rings. The summed E-state index contributed by atoms with van der Waals surface area (Å²) in [6.45, 7) is 8.68. The number of ether oxygens (including phenoxy) is 1. The molecule has 3 heteroatoms. The number of hydrogen-bond donors (Lipinski definition) is 1. The second kappa shape index (κ2) is 6.36. The van der Waals surface area contributed by atoms with E-state index in [1.54, 1.807) is 0 Å². The Kier molecular flexibility index (Phi) is 5.05. The number of nitrogens with two attached hydrogens (primary N) is 1. The van der Waals surface area contributed by atoms with E-state index in [0.29, 0.717) is 12.0 Å². The Morgan fingerprint density at radius 1 is 1.22 bits per heavy atom. The first-order chi connectivity index (χ1) is 8.68. The Morgan fingerprint density at radius 3 is 2.44 bits per heavy atom. The number of nitrogens with zero attached hydrogens (tertiary/aromatic N) is 1. The smallest absolute Gasteiger partial charge is 0.0616 e. The Morgan fingerprint density at radius 2 is 1.89 bits per heavy atom. The fourth-order valence-corrected chi connectivity index (χ4v) is 3.51. The fourth-order valence-electron chi connectivity index (χ4n) is 3.51. The molecule has 2 aliphatic rings. The molecule has 106 valence electrons. The second-order valence-corrected chi connectivity index (χ2v) is 6.44. The van der Waals surface area contributed by atoms with Gasteiger partial charge in [0.05, 0.1) is 6.10 Å². The third-order valence-corrected chi connectivity index (χ3v) is 4.88. The van der Waals surface area contributed by atoms with Crippen LogP contribution in [-0.2, 0) is 4.74 Å². The van der Waals surface area contributed by atoms with Crippen molar-refractivity contribution in [2.75, 3.05) is 26.2 Å². The van der Waals surface area contributed by atoms with Crippen molar-refractivity contribution in [1.29, 1.82) is 0 Å². The Balaban J connectivity index is 2.07. The van der Waals surface area contributed by atoms with Gasteiger partial charge in [-0.1, -0.05) is 26.7 Å². The maximum atomic E-state index is 6.19. The molecular weight excluding hydrogens is 224 g/mol. The highest BCUT2D eigenvalue weighted by Crippen LogP contribution is 2.34. The highest BCUT2D eigenvalue weighted by Gasteiger charge is 2.41. The van der Waals surface area contributed by atoms with Crippen LogP contribution in [0.3, 0.4) is 0 Å². The van der Waals surface area contributed by atoms with Gasteiger partial charge in [-0.15, -0.1) is 0 Å². The lowest BCUT2D eigenvalue weighted by atomic mass is 9.81. The molecule has 2 heterocycles. The minimum atomic E-state index is 0.220. The van der Waals surface area contributed by atoms with E-state index >= 15 is 0 Å². The second-order valence-electron chi connectivity index (χ2n) is 6.44. The predicted octanol–water partition coefficient (Wildman–Crippen LogP) is 2.39. The first-order valence-electron chi connectivity index (χ1n) is 7.75. The first kappa shape index (κ1) is 14.3. The summed E-state index contributed by atoms with van der Waals surface area (Å²) >= 11 is 0. The van der Waals surface area contributed by atoms with Crippen LogP contribution >= 0.6 is 0 Å². The average molecular weight is 254 g/mol. The van der Waals surface area contributed by atoms with E-state index in [4.69, 9.17) is 10.5 Å². The Labute approximate surface area is 112 Å². The van der Waals surface area contributed by atoms with Gasteiger partial charge in [0.1, 0.15) is 0 Å². The summed E-state index contributed by atoms with van der Waals surface area (Å²) in [5.74, 6) is 0.600. The third-order valence-electron chi connectivity index (χ3n) is 4.88. The summed E-state index contributed by atoms with van der Waals surface area (Å²) in [5, 5.41) is 0. The van der Waals surface area contributed by atoms with Gasteiger partial charge in [-0.05, 0) is 44.7 Å². The van der Waals surface area contributed by atoms with Gasteiger partial charge in [-0.2, -0.15) is 0 Å². The molecule has 0 aliphatic carbocycles. The molecule has 0 bridgehead atoms. The zero-order chi connectivity index (χ0) is 13.0. The summed E-state index contributed by atoms with van der Waals surface area (Å²) in [7, 11) is 0. The summed E-state index contributed by atoms with van der Waals surface area (Å²) in [5.41, 5.74) is 6.41. The van der Waals surface area contributed by atoms with Crippen molar-refractivity contribution in [3.05, 3.63) is 0 Å². The van der Waals surface area contributed by atoms with Crippen LogP contribution in [0.5, 0.6) is 0 Å². The number of rotatable bonds is 3. The van der Waals surface area contributed by atoms with Gasteiger partial charge in [0, 0.05) is 18.7 Å². The summed E-state index contributed by atoms with van der Waals surface area (Å²) in [6.07, 6.45) is 8.10. The zero-order valence-corrected chi connectivity index (χ0v) is 12.2. The molecule has 2 rings (SSSR count). The van der Waals surface area contributed by atoms with Crippen LogP contribution in [-0.4, -0.2) is 42.8 Å². The van der Waals surface area contributed by atoms with Crippen LogP contribution in [0.2, 0.25) is 0 Å². The molecule has 2 atom stereocenters. The van der Waals surface area contributed by atoms with E-state index in [2.05, 4.69) is 18.7 Å². The predicted molar refractivity (Wildman–Crippen MR) is 75.6 cm³/mol. The molecule has 0 aromatic heterocycles. The number of hydrogen-bond acceptors (Lipinski definition) is 3. The lowest BCUT2D eigenvalue weighted by molar-refractivity contribution is -0.0869. The molecule has 2 aliphatic heterocycles. The highest BCUT2D eigenvalue weighted by molar-refractivity contribution is 4.97. The summed E-state index contributed by atoms with van der Waals surface area (Å²) in [4.78, 5) is 2.69. The van der Waals surface area contributed by atoms with Gasteiger partial charge in [0.15, 0.2) is 0 Å². The van der Waals surface area contributed by atoms with E-state index in [0.717, 1.165) is 26.0 Å². The minimum Gasteiger partial charge on any atom is -0.378 e. The van der Waals surface area contributed by atoms with Crippen LogP contribution < -0.4 is 5.73 Å². The molecule has 0 aromatic rings. The molecule has 2 saturated heterocycles. The van der Waals surface area contributed by atoms with E-state index in [1.165, 1.54) is 38.8 Å². The third kappa shape index (κ3) is 3.06. The van der Waals surface area contributed by atoms with E-state index in [9.17, 15) is 0 Å². The van der Waals surface area contributed by atoms with Crippen molar-refractivity contribution in [1.82, 2.24) is 4.90 Å². The normalized spacial score (nSPS) is 35.7. The van der Waals surface area contributed by atoms with Crippen LogP contribution in [0.15, 0.2) is 0 Å². The van der Waals surface area contributed by atoms with Gasteiger partial charge in [0.25, 0.3) is 0 Å². The quantitative estimate of drug-likeness (QED) is 0.840. The molecule has 0 aromatic carbocycles. The van der Waals surface area contributed by atoms with E-state index in [1.807, 2.05) is 0 Å². The molecule has 2 N–H and O–H groups in total. The topological polar surface area (TPSA) is 38.5 Å². The highest BCUT2D eigenvalue weighted by atomic mass is 16.5. The maximum Gasteiger partial charge on any atom is 0.0616 e. The van der Waals surface area contributed by atoms with Gasteiger partial charge in [-0.25, -0.2) is 0 Å². The van der Waals surface area contributed by atoms with Crippen LogP contribution in [0.1, 0.15) is 52.4 Å². The minimum absolute atomic E-state index is 0.220. The van der Waals surface area contributed by atoms with Crippen LogP contribution in [0.25, 0.3) is 0 Å². The van der Waals surface area contributed by atoms with E-state index < -0.39 is 0 Å². The van der Waals surface area contributed by atoms with Crippen molar-refractivity contribution in [3.63, 3.8) is 0 Å². The molecule has 0 saturated carbocycles. The molecule has 0 spiro atoms. The molecule has 18 heavy (non-hydrogen) atoms. The fraction of sp³-hybridized carbons (Fsp3) is 1.00. The lowest BCUT2D eigenvalue weighted by Gasteiger charge is -2.48. The lowest BCUT2D eigenvalue weighted by Crippen LogP contribution is -2.59. The van der Waals surface area contributed by atoms with Crippen molar-refractivity contribution >= 4 is 0 Å². The molecule has 0 radical (unpaired) electrons. The molecule has 2 unspecified atom stereocenters. The van der Waals surface area contributed by atoms with Crippen LogP contribution in [0, 0.1) is 5.92 Å². The van der Waals surface area contributed by atoms with Gasteiger partial charge < -0.3 is 10.5 Å². The Hall–Kier alpha value is -0.120. The maximum absolute atomic E-state index is 6.19. The van der Waals surface area contributed by atoms with Crippen LogP contribution in [0.4, 0.5) is 0 Å². The zero-order valence-electron chi connectivity index (χ0n) is 12.2. The monoisotopic (exact) mass is 254 g/mol. The Bertz CT molecular complexity index is 249. The van der Waals surface area contributed by atoms with Gasteiger partial charge in [-0.3, -0.25) is 4.90 Å². The molecule has 0 amide bonds. The van der Waals surface area contributed by atoms with Crippen molar-refractivity contribution < 1.29 is 4.74 Å². The first-order valence-corrected chi connectivity index (χ1v) is 7.75. The summed E-state index contributed by atoms with van der Waals surface area (Å²) < 4.78 is 5.94.